The van der Waals surface area contributed by atoms with Crippen molar-refractivity contribution in [2.75, 3.05) is 7.11 Å². The van der Waals surface area contributed by atoms with Gasteiger partial charge < -0.3 is 4.74 Å². The molecule has 0 N–H and O–H groups in total. The Bertz CT molecular complexity index is 417. The summed E-state index contributed by atoms with van der Waals surface area (Å²) in [5.74, 6) is 1.12. The van der Waals surface area contributed by atoms with Crippen molar-refractivity contribution < 1.29 is 4.74 Å². The van der Waals surface area contributed by atoms with E-state index in [9.17, 15) is 0 Å². The summed E-state index contributed by atoms with van der Waals surface area (Å²) in [5.41, 5.74) is 0.742. The SMILES string of the molecule is COc1ccnc(-c2ccccn2)n1. The van der Waals surface area contributed by atoms with Crippen LogP contribution in [0.25, 0.3) is 11.5 Å². The molecule has 2 rings (SSSR count). The summed E-state index contributed by atoms with van der Waals surface area (Å²) in [5, 5.41) is 0. The second-order valence-corrected chi connectivity index (χ2v) is 2.64. The highest BCUT2D eigenvalue weighted by atomic mass is 16.5. The van der Waals surface area contributed by atoms with Crippen LogP contribution >= 0.6 is 0 Å². The fourth-order valence-electron chi connectivity index (χ4n) is 1.07. The zero-order valence-electron chi connectivity index (χ0n) is 7.71. The molecule has 0 saturated heterocycles. The maximum absolute atomic E-state index is 5.00. The quantitative estimate of drug-likeness (QED) is 0.715. The van der Waals surface area contributed by atoms with Crippen molar-refractivity contribution in [3.05, 3.63) is 36.7 Å². The Hall–Kier alpha value is -1.97. The first-order chi connectivity index (χ1) is 6.90. The van der Waals surface area contributed by atoms with Gasteiger partial charge in [-0.1, -0.05) is 6.07 Å². The Balaban J connectivity index is 2.42. The van der Waals surface area contributed by atoms with Crippen molar-refractivity contribution in [3.8, 4) is 17.4 Å². The number of ether oxygens (including phenoxy) is 1. The summed E-state index contributed by atoms with van der Waals surface area (Å²) in [7, 11) is 1.57. The van der Waals surface area contributed by atoms with E-state index in [0.29, 0.717) is 11.7 Å². The van der Waals surface area contributed by atoms with Crippen LogP contribution in [-0.2, 0) is 0 Å². The molecule has 0 aliphatic carbocycles. The third-order valence-corrected chi connectivity index (χ3v) is 1.73. The van der Waals surface area contributed by atoms with Crippen molar-refractivity contribution in [1.82, 2.24) is 15.0 Å². The molecule has 2 aromatic heterocycles. The van der Waals surface area contributed by atoms with Crippen LogP contribution in [0.4, 0.5) is 0 Å². The van der Waals surface area contributed by atoms with Gasteiger partial charge >= 0.3 is 0 Å². The van der Waals surface area contributed by atoms with Crippen molar-refractivity contribution in [1.29, 1.82) is 0 Å². The standard InChI is InChI=1S/C10H9N3O/c1-14-9-5-7-12-10(13-9)8-4-2-3-6-11-8/h2-7H,1H3. The summed E-state index contributed by atoms with van der Waals surface area (Å²) < 4.78 is 5.00. The van der Waals surface area contributed by atoms with E-state index in [0.717, 1.165) is 5.69 Å². The minimum atomic E-state index is 0.542. The number of pyridine rings is 1. The zero-order valence-corrected chi connectivity index (χ0v) is 7.71. The molecule has 0 saturated carbocycles. The maximum atomic E-state index is 5.00. The average Bonchev–Trinajstić information content (AvgIpc) is 2.30. The number of hydrogen-bond donors (Lipinski definition) is 0. The van der Waals surface area contributed by atoms with Crippen molar-refractivity contribution in [3.63, 3.8) is 0 Å². The van der Waals surface area contributed by atoms with Crippen LogP contribution < -0.4 is 4.74 Å². The molecule has 0 amide bonds. The smallest absolute Gasteiger partial charge is 0.216 e. The summed E-state index contributed by atoms with van der Waals surface area (Å²) in [6.07, 6.45) is 3.36. The largest absolute Gasteiger partial charge is 0.481 e. The van der Waals surface area contributed by atoms with Crippen molar-refractivity contribution >= 4 is 0 Å². The molecule has 14 heavy (non-hydrogen) atoms. The van der Waals surface area contributed by atoms with E-state index in [4.69, 9.17) is 4.74 Å². The molecule has 0 aliphatic heterocycles. The van der Waals surface area contributed by atoms with E-state index >= 15 is 0 Å². The van der Waals surface area contributed by atoms with Gasteiger partial charge in [-0.3, -0.25) is 4.98 Å². The van der Waals surface area contributed by atoms with Crippen LogP contribution in [0.1, 0.15) is 0 Å². The van der Waals surface area contributed by atoms with E-state index in [1.165, 1.54) is 0 Å². The predicted octanol–water partition coefficient (Wildman–Crippen LogP) is 1.55. The first kappa shape index (κ1) is 8.62. The molecule has 0 fully saturated rings. The molecule has 4 nitrogen and oxygen atoms in total. The van der Waals surface area contributed by atoms with E-state index in [-0.39, 0.29) is 0 Å². The lowest BCUT2D eigenvalue weighted by Crippen LogP contribution is -1.93. The predicted molar refractivity (Wildman–Crippen MR) is 51.8 cm³/mol. The lowest BCUT2D eigenvalue weighted by molar-refractivity contribution is 0.397. The second-order valence-electron chi connectivity index (χ2n) is 2.64. The summed E-state index contributed by atoms with van der Waals surface area (Å²) in [6, 6.07) is 7.30. The number of nitrogens with zero attached hydrogens (tertiary/aromatic N) is 3. The minimum absolute atomic E-state index is 0.542. The number of rotatable bonds is 2. The molecule has 0 spiro atoms. The first-order valence-electron chi connectivity index (χ1n) is 4.18. The Morgan fingerprint density at radius 2 is 2.00 bits per heavy atom. The molecule has 0 radical (unpaired) electrons. The van der Waals surface area contributed by atoms with Gasteiger partial charge in [0.1, 0.15) is 5.69 Å². The van der Waals surface area contributed by atoms with Gasteiger partial charge in [0.05, 0.1) is 7.11 Å². The molecular formula is C10H9N3O. The number of hydrogen-bond acceptors (Lipinski definition) is 4. The van der Waals surface area contributed by atoms with E-state index in [1.54, 1.807) is 25.6 Å². The summed E-state index contributed by atoms with van der Waals surface area (Å²) in [6.45, 7) is 0. The van der Waals surface area contributed by atoms with Crippen LogP contribution in [0, 0.1) is 0 Å². The van der Waals surface area contributed by atoms with Gasteiger partial charge in [0.2, 0.25) is 5.88 Å². The normalized spacial score (nSPS) is 9.79. The van der Waals surface area contributed by atoms with Crippen LogP contribution in [0.2, 0.25) is 0 Å². The third kappa shape index (κ3) is 1.69. The Kier molecular flexibility index (Phi) is 2.36. The van der Waals surface area contributed by atoms with E-state index in [2.05, 4.69) is 15.0 Å². The van der Waals surface area contributed by atoms with Gasteiger partial charge in [-0.15, -0.1) is 0 Å². The highest BCUT2D eigenvalue weighted by Crippen LogP contribution is 2.13. The summed E-state index contributed by atoms with van der Waals surface area (Å²) in [4.78, 5) is 12.4. The maximum Gasteiger partial charge on any atom is 0.216 e. The van der Waals surface area contributed by atoms with Gasteiger partial charge in [0, 0.05) is 18.5 Å². The molecule has 0 bridgehead atoms. The van der Waals surface area contributed by atoms with Crippen LogP contribution in [0.15, 0.2) is 36.7 Å². The molecule has 70 valence electrons. The van der Waals surface area contributed by atoms with Gasteiger partial charge in [-0.2, -0.15) is 4.98 Å². The molecule has 0 atom stereocenters. The highest BCUT2D eigenvalue weighted by molar-refractivity contribution is 5.48. The van der Waals surface area contributed by atoms with Crippen LogP contribution in [-0.4, -0.2) is 22.1 Å². The van der Waals surface area contributed by atoms with E-state index < -0.39 is 0 Å². The molecule has 2 heterocycles. The molecular weight excluding hydrogens is 178 g/mol. The average molecular weight is 187 g/mol. The number of aromatic nitrogens is 3. The summed E-state index contributed by atoms with van der Waals surface area (Å²) >= 11 is 0. The molecule has 0 aliphatic rings. The Morgan fingerprint density at radius 1 is 1.07 bits per heavy atom. The van der Waals surface area contributed by atoms with E-state index in [1.807, 2.05) is 18.2 Å². The first-order valence-corrected chi connectivity index (χ1v) is 4.18. The Morgan fingerprint density at radius 3 is 2.71 bits per heavy atom. The monoisotopic (exact) mass is 187 g/mol. The second kappa shape index (κ2) is 3.83. The minimum Gasteiger partial charge on any atom is -0.481 e. The lowest BCUT2D eigenvalue weighted by Gasteiger charge is -2.00. The fourth-order valence-corrected chi connectivity index (χ4v) is 1.07. The fraction of sp³-hybridized carbons (Fsp3) is 0.100. The van der Waals surface area contributed by atoms with Gasteiger partial charge in [-0.25, -0.2) is 4.98 Å². The van der Waals surface area contributed by atoms with Gasteiger partial charge in [0.15, 0.2) is 5.82 Å². The molecule has 4 heteroatoms. The zero-order chi connectivity index (χ0) is 9.80. The topological polar surface area (TPSA) is 47.9 Å². The molecule has 0 unspecified atom stereocenters. The highest BCUT2D eigenvalue weighted by Gasteiger charge is 2.02. The van der Waals surface area contributed by atoms with Gasteiger partial charge in [0.25, 0.3) is 0 Å². The molecule has 2 aromatic rings. The van der Waals surface area contributed by atoms with Crippen molar-refractivity contribution in [2.45, 2.75) is 0 Å². The van der Waals surface area contributed by atoms with Crippen LogP contribution in [0.5, 0.6) is 5.88 Å². The Labute approximate surface area is 81.6 Å². The van der Waals surface area contributed by atoms with Crippen molar-refractivity contribution in [2.24, 2.45) is 0 Å². The third-order valence-electron chi connectivity index (χ3n) is 1.73. The molecule has 0 aromatic carbocycles. The lowest BCUT2D eigenvalue weighted by atomic mass is 10.3. The van der Waals surface area contributed by atoms with Gasteiger partial charge in [-0.05, 0) is 12.1 Å². The number of methoxy groups -OCH3 is 1. The van der Waals surface area contributed by atoms with Crippen LogP contribution in [0.3, 0.4) is 0 Å².